The van der Waals surface area contributed by atoms with Gasteiger partial charge in [-0.25, -0.2) is 4.98 Å². The minimum Gasteiger partial charge on any atom is -0.444 e. The minimum absolute atomic E-state index is 0.178. The Morgan fingerprint density at radius 1 is 1.07 bits per heavy atom. The molecule has 0 unspecified atom stereocenters. The topological polar surface area (TPSA) is 84.2 Å². The first kappa shape index (κ1) is 18.7. The summed E-state index contributed by atoms with van der Waals surface area (Å²) in [6, 6.07) is 16.5. The maximum absolute atomic E-state index is 12.2. The highest BCUT2D eigenvalue weighted by molar-refractivity contribution is 7.99. The van der Waals surface area contributed by atoms with E-state index in [-0.39, 0.29) is 17.6 Å². The lowest BCUT2D eigenvalue weighted by Crippen LogP contribution is -2.22. The summed E-state index contributed by atoms with van der Waals surface area (Å²) in [5.74, 6) is 0.948. The van der Waals surface area contributed by atoms with Crippen LogP contribution >= 0.6 is 11.8 Å². The van der Waals surface area contributed by atoms with Gasteiger partial charge in [-0.3, -0.25) is 9.59 Å². The summed E-state index contributed by atoms with van der Waals surface area (Å²) in [5.41, 5.74) is 2.62. The highest BCUT2D eigenvalue weighted by Gasteiger charge is 2.12. The third kappa shape index (κ3) is 4.98. The fraction of sp³-hybridized carbons (Fsp3) is 0.150. The Morgan fingerprint density at radius 2 is 1.81 bits per heavy atom. The van der Waals surface area contributed by atoms with Gasteiger partial charge in [-0.1, -0.05) is 30.3 Å². The minimum atomic E-state index is -0.241. The molecule has 3 aromatic rings. The van der Waals surface area contributed by atoms with E-state index in [1.807, 2.05) is 30.3 Å². The molecule has 6 nitrogen and oxygen atoms in total. The fourth-order valence-corrected chi connectivity index (χ4v) is 3.15. The van der Waals surface area contributed by atoms with Crippen molar-refractivity contribution in [2.75, 3.05) is 18.1 Å². The van der Waals surface area contributed by atoms with E-state index in [1.54, 1.807) is 37.6 Å². The summed E-state index contributed by atoms with van der Waals surface area (Å²) in [5, 5.41) is 5.34. The van der Waals surface area contributed by atoms with Crippen LogP contribution in [0.2, 0.25) is 0 Å². The van der Waals surface area contributed by atoms with Gasteiger partial charge in [0.25, 0.3) is 5.91 Å². The van der Waals surface area contributed by atoms with Crippen LogP contribution in [0.5, 0.6) is 0 Å². The van der Waals surface area contributed by atoms with E-state index in [0.29, 0.717) is 22.9 Å². The molecule has 7 heteroatoms. The van der Waals surface area contributed by atoms with Crippen molar-refractivity contribution in [3.8, 4) is 11.5 Å². The molecule has 0 aliphatic rings. The standard InChI is InChI=1S/C20H19N3O3S/c1-21-19(25)16-9-5-6-10-17(16)23-18(24)13-27-12-15-11-26-20(22-15)14-7-3-2-4-8-14/h2-11H,12-13H2,1H3,(H,21,25)(H,23,24). The number of thioether (sulfide) groups is 1. The summed E-state index contributed by atoms with van der Waals surface area (Å²) >= 11 is 1.43. The molecular weight excluding hydrogens is 362 g/mol. The van der Waals surface area contributed by atoms with E-state index < -0.39 is 0 Å². The molecule has 2 aromatic carbocycles. The molecule has 1 aromatic heterocycles. The molecule has 0 fully saturated rings. The Kier molecular flexibility index (Phi) is 6.27. The van der Waals surface area contributed by atoms with Crippen molar-refractivity contribution in [1.82, 2.24) is 10.3 Å². The molecule has 0 bridgehead atoms. The molecule has 0 saturated heterocycles. The summed E-state index contributed by atoms with van der Waals surface area (Å²) in [7, 11) is 1.55. The van der Waals surface area contributed by atoms with Crippen molar-refractivity contribution in [1.29, 1.82) is 0 Å². The van der Waals surface area contributed by atoms with Gasteiger partial charge in [0.2, 0.25) is 11.8 Å². The van der Waals surface area contributed by atoms with Crippen LogP contribution in [-0.2, 0) is 10.5 Å². The number of carbonyl (C=O) groups is 2. The van der Waals surface area contributed by atoms with Crippen molar-refractivity contribution in [2.45, 2.75) is 5.75 Å². The van der Waals surface area contributed by atoms with E-state index in [1.165, 1.54) is 11.8 Å². The number of nitrogens with one attached hydrogen (secondary N) is 2. The average molecular weight is 381 g/mol. The van der Waals surface area contributed by atoms with Gasteiger partial charge >= 0.3 is 0 Å². The number of carbonyl (C=O) groups excluding carboxylic acids is 2. The Labute approximate surface area is 161 Å². The lowest BCUT2D eigenvalue weighted by molar-refractivity contribution is -0.113. The van der Waals surface area contributed by atoms with Gasteiger partial charge in [0.05, 0.1) is 22.7 Å². The highest BCUT2D eigenvalue weighted by Crippen LogP contribution is 2.21. The van der Waals surface area contributed by atoms with Gasteiger partial charge in [-0.05, 0) is 24.3 Å². The van der Waals surface area contributed by atoms with Crippen LogP contribution in [0.4, 0.5) is 5.69 Å². The number of benzene rings is 2. The van der Waals surface area contributed by atoms with Crippen LogP contribution in [0.3, 0.4) is 0 Å². The molecular formula is C20H19N3O3S. The van der Waals surface area contributed by atoms with Crippen molar-refractivity contribution in [3.05, 3.63) is 72.1 Å². The molecule has 2 N–H and O–H groups in total. The van der Waals surface area contributed by atoms with Crippen molar-refractivity contribution in [3.63, 3.8) is 0 Å². The van der Waals surface area contributed by atoms with Gasteiger partial charge in [0.1, 0.15) is 6.26 Å². The van der Waals surface area contributed by atoms with Crippen LogP contribution in [0.25, 0.3) is 11.5 Å². The molecule has 27 heavy (non-hydrogen) atoms. The van der Waals surface area contributed by atoms with Crippen molar-refractivity contribution in [2.24, 2.45) is 0 Å². The number of aromatic nitrogens is 1. The Hall–Kier alpha value is -3.06. The summed E-state index contributed by atoms with van der Waals surface area (Å²) in [4.78, 5) is 28.5. The van der Waals surface area contributed by atoms with E-state index in [2.05, 4.69) is 15.6 Å². The molecule has 3 rings (SSSR count). The number of amides is 2. The number of rotatable bonds is 7. The average Bonchev–Trinajstić information content (AvgIpc) is 3.17. The number of anilines is 1. The van der Waals surface area contributed by atoms with Gasteiger partial charge in [0, 0.05) is 18.4 Å². The molecule has 0 radical (unpaired) electrons. The quantitative estimate of drug-likeness (QED) is 0.654. The first-order valence-corrected chi connectivity index (χ1v) is 9.51. The van der Waals surface area contributed by atoms with E-state index >= 15 is 0 Å². The number of hydrogen-bond donors (Lipinski definition) is 2. The number of para-hydroxylation sites is 1. The van der Waals surface area contributed by atoms with Crippen LogP contribution in [0, 0.1) is 0 Å². The molecule has 0 saturated carbocycles. The zero-order valence-electron chi connectivity index (χ0n) is 14.8. The smallest absolute Gasteiger partial charge is 0.253 e. The third-order valence-corrected chi connectivity index (χ3v) is 4.69. The maximum Gasteiger partial charge on any atom is 0.253 e. The van der Waals surface area contributed by atoms with Gasteiger partial charge < -0.3 is 15.1 Å². The first-order chi connectivity index (χ1) is 13.2. The normalized spacial score (nSPS) is 10.4. The second-order valence-corrected chi connectivity index (χ2v) is 6.66. The second kappa shape index (κ2) is 9.05. The summed E-state index contributed by atoms with van der Waals surface area (Å²) in [6.45, 7) is 0. The zero-order chi connectivity index (χ0) is 19.1. The second-order valence-electron chi connectivity index (χ2n) is 5.68. The van der Waals surface area contributed by atoms with Crippen LogP contribution < -0.4 is 10.6 Å². The predicted molar refractivity (Wildman–Crippen MR) is 107 cm³/mol. The zero-order valence-corrected chi connectivity index (χ0v) is 15.6. The number of oxazole rings is 1. The summed E-state index contributed by atoms with van der Waals surface area (Å²) in [6.07, 6.45) is 1.61. The fourth-order valence-electron chi connectivity index (χ4n) is 2.45. The van der Waals surface area contributed by atoms with Crippen LogP contribution in [0.1, 0.15) is 16.1 Å². The molecule has 0 aliphatic heterocycles. The number of hydrogen-bond acceptors (Lipinski definition) is 5. The van der Waals surface area contributed by atoms with Gasteiger partial charge in [0.15, 0.2) is 0 Å². The number of nitrogens with zero attached hydrogens (tertiary/aromatic N) is 1. The largest absolute Gasteiger partial charge is 0.444 e. The monoisotopic (exact) mass is 381 g/mol. The Bertz CT molecular complexity index is 925. The van der Waals surface area contributed by atoms with E-state index in [0.717, 1.165) is 11.3 Å². The Balaban J connectivity index is 1.52. The molecule has 0 spiro atoms. The van der Waals surface area contributed by atoms with Crippen molar-refractivity contribution < 1.29 is 14.0 Å². The summed E-state index contributed by atoms with van der Waals surface area (Å²) < 4.78 is 5.49. The molecule has 138 valence electrons. The Morgan fingerprint density at radius 3 is 2.59 bits per heavy atom. The molecule has 0 aliphatic carbocycles. The van der Waals surface area contributed by atoms with Crippen LogP contribution in [0.15, 0.2) is 65.3 Å². The van der Waals surface area contributed by atoms with E-state index in [4.69, 9.17) is 4.42 Å². The van der Waals surface area contributed by atoms with Crippen molar-refractivity contribution >= 4 is 29.3 Å². The van der Waals surface area contributed by atoms with E-state index in [9.17, 15) is 9.59 Å². The molecule has 2 amide bonds. The van der Waals surface area contributed by atoms with Gasteiger partial charge in [-0.15, -0.1) is 11.8 Å². The SMILES string of the molecule is CNC(=O)c1ccccc1NC(=O)CSCc1coc(-c2ccccc2)n1. The predicted octanol–water partition coefficient (Wildman–Crippen LogP) is 3.57. The lowest BCUT2D eigenvalue weighted by Gasteiger charge is -2.09. The lowest BCUT2D eigenvalue weighted by atomic mass is 10.1. The maximum atomic E-state index is 12.2. The highest BCUT2D eigenvalue weighted by atomic mass is 32.2. The third-order valence-electron chi connectivity index (χ3n) is 3.73. The molecule has 0 atom stereocenters. The molecule has 1 heterocycles. The van der Waals surface area contributed by atoms with Gasteiger partial charge in [-0.2, -0.15) is 0 Å². The first-order valence-electron chi connectivity index (χ1n) is 8.36. The van der Waals surface area contributed by atoms with Crippen LogP contribution in [-0.4, -0.2) is 29.6 Å².